The summed E-state index contributed by atoms with van der Waals surface area (Å²) in [5.74, 6) is 0. The Labute approximate surface area is 93.2 Å². The lowest BCUT2D eigenvalue weighted by Gasteiger charge is -2.18. The van der Waals surface area contributed by atoms with E-state index >= 15 is 0 Å². The van der Waals surface area contributed by atoms with Gasteiger partial charge in [0.2, 0.25) is 10.0 Å². The zero-order valence-corrected chi connectivity index (χ0v) is 9.92. The van der Waals surface area contributed by atoms with Crippen LogP contribution in [0.4, 0.5) is 0 Å². The Hall–Kier alpha value is -0.870. The lowest BCUT2D eigenvalue weighted by molar-refractivity contribution is 0.445. The van der Waals surface area contributed by atoms with Crippen molar-refractivity contribution in [1.29, 1.82) is 0 Å². The van der Waals surface area contributed by atoms with E-state index in [0.717, 1.165) is 5.56 Å². The molecule has 4 heteroatoms. The van der Waals surface area contributed by atoms with Gasteiger partial charge < -0.3 is 0 Å². The van der Waals surface area contributed by atoms with Crippen LogP contribution >= 0.6 is 0 Å². The van der Waals surface area contributed by atoms with Gasteiger partial charge in [-0.2, -0.15) is 4.31 Å². The van der Waals surface area contributed by atoms with Crippen molar-refractivity contribution in [3.05, 3.63) is 29.8 Å². The first-order valence-electron chi connectivity index (χ1n) is 5.65. The van der Waals surface area contributed by atoms with Gasteiger partial charge in [0, 0.05) is 14.5 Å². The Morgan fingerprint density at radius 3 is 2.13 bits per heavy atom. The summed E-state index contributed by atoms with van der Waals surface area (Å²) in [4.78, 5) is 0.299. The van der Waals surface area contributed by atoms with Crippen LogP contribution in [-0.2, 0) is 10.0 Å². The van der Waals surface area contributed by atoms with E-state index in [1.54, 1.807) is 24.3 Å². The van der Waals surface area contributed by atoms with Gasteiger partial charge in [-0.1, -0.05) is 31.5 Å². The molecule has 0 atom stereocenters. The van der Waals surface area contributed by atoms with Crippen molar-refractivity contribution in [3.8, 4) is 0 Å². The maximum absolute atomic E-state index is 12.1. The quantitative estimate of drug-likeness (QED) is 0.790. The second-order valence-corrected chi connectivity index (χ2v) is 5.17. The Morgan fingerprint density at radius 2 is 1.73 bits per heavy atom. The van der Waals surface area contributed by atoms with E-state index in [1.165, 1.54) is 4.31 Å². The van der Waals surface area contributed by atoms with Gasteiger partial charge in [-0.25, -0.2) is 8.42 Å². The van der Waals surface area contributed by atoms with Gasteiger partial charge in [-0.05, 0) is 19.0 Å². The maximum atomic E-state index is 12.1. The van der Waals surface area contributed by atoms with Gasteiger partial charge in [0.1, 0.15) is 0 Å². The lowest BCUT2D eigenvalue weighted by Crippen LogP contribution is -2.30. The molecule has 0 aromatic heterocycles. The third-order valence-electron chi connectivity index (χ3n) is 2.27. The predicted molar refractivity (Wildman–Crippen MR) is 61.3 cm³/mol. The number of nitrogens with zero attached hydrogens (tertiary/aromatic N) is 1. The summed E-state index contributed by atoms with van der Waals surface area (Å²) in [6.45, 7) is 4.75. The number of aryl methyl sites for hydroxylation is 1. The van der Waals surface area contributed by atoms with Gasteiger partial charge in [0.05, 0.1) is 4.90 Å². The largest absolute Gasteiger partial charge is 0.243 e. The highest BCUT2D eigenvalue weighted by atomic mass is 32.2. The van der Waals surface area contributed by atoms with Crippen molar-refractivity contribution in [2.75, 3.05) is 13.1 Å². The molecule has 0 amide bonds. The zero-order chi connectivity index (χ0) is 12.2. The summed E-state index contributed by atoms with van der Waals surface area (Å²) in [5.41, 5.74) is 0.818. The SMILES string of the molecule is [2H]Cc1ccc(S(=O)(=O)N(CC)CC)cc1. The molecule has 0 saturated carbocycles. The smallest absolute Gasteiger partial charge is 0.207 e. The third-order valence-corrected chi connectivity index (χ3v) is 4.33. The summed E-state index contributed by atoms with van der Waals surface area (Å²) < 4.78 is 32.7. The Kier molecular flexibility index (Phi) is 3.38. The van der Waals surface area contributed by atoms with Crippen LogP contribution in [-0.4, -0.2) is 25.8 Å². The Morgan fingerprint density at radius 1 is 1.20 bits per heavy atom. The van der Waals surface area contributed by atoms with Gasteiger partial charge in [-0.15, -0.1) is 0 Å². The number of hydrogen-bond acceptors (Lipinski definition) is 2. The first-order valence-corrected chi connectivity index (χ1v) is 6.38. The van der Waals surface area contributed by atoms with E-state index in [0.29, 0.717) is 18.0 Å². The van der Waals surface area contributed by atoms with Gasteiger partial charge >= 0.3 is 0 Å². The minimum atomic E-state index is -3.35. The molecule has 0 unspecified atom stereocenters. The van der Waals surface area contributed by atoms with Crippen LogP contribution in [0.25, 0.3) is 0 Å². The van der Waals surface area contributed by atoms with Crippen LogP contribution in [0.2, 0.25) is 0 Å². The van der Waals surface area contributed by atoms with Gasteiger partial charge in [-0.3, -0.25) is 0 Å². The minimum Gasteiger partial charge on any atom is -0.207 e. The highest BCUT2D eigenvalue weighted by Gasteiger charge is 2.20. The van der Waals surface area contributed by atoms with Crippen LogP contribution in [0, 0.1) is 6.90 Å². The van der Waals surface area contributed by atoms with Crippen LogP contribution in [0.1, 0.15) is 20.8 Å². The summed E-state index contributed by atoms with van der Waals surface area (Å²) in [6.07, 6.45) is 0. The van der Waals surface area contributed by atoms with Crippen molar-refractivity contribution in [2.24, 2.45) is 0 Å². The second-order valence-electron chi connectivity index (χ2n) is 3.23. The highest BCUT2D eigenvalue weighted by Crippen LogP contribution is 2.15. The van der Waals surface area contributed by atoms with Crippen LogP contribution < -0.4 is 0 Å². The molecule has 0 heterocycles. The van der Waals surface area contributed by atoms with E-state index < -0.39 is 10.0 Å². The molecule has 0 spiro atoms. The number of benzene rings is 1. The fourth-order valence-corrected chi connectivity index (χ4v) is 2.83. The molecule has 0 aliphatic heterocycles. The van der Waals surface area contributed by atoms with E-state index in [9.17, 15) is 8.42 Å². The van der Waals surface area contributed by atoms with Gasteiger partial charge in [0.25, 0.3) is 0 Å². The fraction of sp³-hybridized carbons (Fsp3) is 0.455. The van der Waals surface area contributed by atoms with Crippen molar-refractivity contribution >= 4 is 10.0 Å². The lowest BCUT2D eigenvalue weighted by atomic mass is 10.2. The van der Waals surface area contributed by atoms with E-state index in [4.69, 9.17) is 1.37 Å². The summed E-state index contributed by atoms with van der Waals surface area (Å²) in [6, 6.07) is 6.50. The van der Waals surface area contributed by atoms with Crippen molar-refractivity contribution < 1.29 is 9.79 Å². The number of sulfonamides is 1. The monoisotopic (exact) mass is 228 g/mol. The molecule has 0 aliphatic carbocycles. The highest BCUT2D eigenvalue weighted by molar-refractivity contribution is 7.89. The molecule has 0 bridgehead atoms. The molecule has 0 radical (unpaired) electrons. The molecule has 0 saturated heterocycles. The molecule has 15 heavy (non-hydrogen) atoms. The molecular weight excluding hydrogens is 210 g/mol. The second kappa shape index (κ2) is 4.77. The number of hydrogen-bond donors (Lipinski definition) is 0. The third kappa shape index (κ3) is 2.58. The number of rotatable bonds is 4. The summed E-state index contributed by atoms with van der Waals surface area (Å²) >= 11 is 0. The minimum absolute atomic E-state index is 0.172. The van der Waals surface area contributed by atoms with Crippen molar-refractivity contribution in [1.82, 2.24) is 4.31 Å². The molecule has 1 aromatic rings. The van der Waals surface area contributed by atoms with Gasteiger partial charge in [0.15, 0.2) is 0 Å². The average Bonchev–Trinajstić information content (AvgIpc) is 2.30. The normalized spacial score (nSPS) is 12.9. The summed E-state index contributed by atoms with van der Waals surface area (Å²) in [7, 11) is -3.35. The molecular formula is C11H17NO2S. The Bertz CT molecular complexity index is 424. The first-order chi connectivity index (χ1) is 7.56. The van der Waals surface area contributed by atoms with Crippen molar-refractivity contribution in [3.63, 3.8) is 0 Å². The topological polar surface area (TPSA) is 37.4 Å². The molecule has 3 nitrogen and oxygen atoms in total. The Balaban J connectivity index is 3.07. The van der Waals surface area contributed by atoms with Crippen LogP contribution in [0.15, 0.2) is 29.2 Å². The molecule has 84 valence electrons. The first kappa shape index (κ1) is 10.6. The maximum Gasteiger partial charge on any atom is 0.243 e. The zero-order valence-electron chi connectivity index (χ0n) is 10.1. The molecule has 0 N–H and O–H groups in total. The molecule has 0 aliphatic rings. The van der Waals surface area contributed by atoms with Crippen molar-refractivity contribution in [2.45, 2.75) is 25.6 Å². The van der Waals surface area contributed by atoms with E-state index in [1.807, 2.05) is 13.8 Å². The average molecular weight is 228 g/mol. The summed E-state index contributed by atoms with van der Waals surface area (Å²) in [5, 5.41) is 0. The van der Waals surface area contributed by atoms with Crippen LogP contribution in [0.3, 0.4) is 0 Å². The predicted octanol–water partition coefficient (Wildman–Crippen LogP) is 2.03. The fourth-order valence-electron chi connectivity index (χ4n) is 1.37. The standard InChI is InChI=1S/C11H17NO2S/c1-4-12(5-2)15(13,14)11-8-6-10(3)7-9-11/h6-9H,4-5H2,1-3H3/i3D. The van der Waals surface area contributed by atoms with E-state index in [-0.39, 0.29) is 6.90 Å². The van der Waals surface area contributed by atoms with Crippen LogP contribution in [0.5, 0.6) is 0 Å². The van der Waals surface area contributed by atoms with E-state index in [2.05, 4.69) is 0 Å². The molecule has 1 aromatic carbocycles. The molecule has 1 rings (SSSR count). The molecule has 0 fully saturated rings.